The molecule has 0 atom stereocenters. The van der Waals surface area contributed by atoms with Crippen LogP contribution in [0.3, 0.4) is 0 Å². The third-order valence-corrected chi connectivity index (χ3v) is 12.6. The molecular formula is C52H32N2S. The molecule has 3 aromatic heterocycles. The number of hydrogen-bond acceptors (Lipinski definition) is 1. The summed E-state index contributed by atoms with van der Waals surface area (Å²) in [6, 6.07) is 71.5. The minimum Gasteiger partial charge on any atom is -0.309 e. The summed E-state index contributed by atoms with van der Waals surface area (Å²) in [6.45, 7) is 0. The predicted molar refractivity (Wildman–Crippen MR) is 236 cm³/mol. The Hall–Kier alpha value is -6.94. The van der Waals surface area contributed by atoms with E-state index in [1.165, 1.54) is 102 Å². The van der Waals surface area contributed by atoms with Crippen molar-refractivity contribution >= 4 is 85.9 Å². The van der Waals surface area contributed by atoms with E-state index in [0.717, 1.165) is 5.69 Å². The second-order valence-electron chi connectivity index (χ2n) is 14.5. The lowest BCUT2D eigenvalue weighted by Crippen LogP contribution is -1.95. The van der Waals surface area contributed by atoms with Crippen LogP contribution in [-0.2, 0) is 0 Å². The van der Waals surface area contributed by atoms with Gasteiger partial charge in [-0.15, -0.1) is 11.3 Å². The molecular weight excluding hydrogens is 685 g/mol. The van der Waals surface area contributed by atoms with E-state index in [1.807, 2.05) is 11.3 Å². The van der Waals surface area contributed by atoms with Gasteiger partial charge in [-0.1, -0.05) is 127 Å². The molecule has 3 heterocycles. The maximum atomic E-state index is 2.49. The van der Waals surface area contributed by atoms with E-state index in [4.69, 9.17) is 0 Å². The van der Waals surface area contributed by atoms with Gasteiger partial charge in [0.2, 0.25) is 0 Å². The first kappa shape index (κ1) is 30.5. The molecule has 9 aromatic carbocycles. The highest BCUT2D eigenvalue weighted by atomic mass is 32.1. The lowest BCUT2D eigenvalue weighted by molar-refractivity contribution is 1.18. The van der Waals surface area contributed by atoms with E-state index in [-0.39, 0.29) is 0 Å². The molecule has 0 saturated carbocycles. The first-order valence-electron chi connectivity index (χ1n) is 18.8. The van der Waals surface area contributed by atoms with Crippen molar-refractivity contribution in [2.45, 2.75) is 0 Å². The fourth-order valence-electron chi connectivity index (χ4n) is 8.97. The highest BCUT2D eigenvalue weighted by molar-refractivity contribution is 7.25. The Balaban J connectivity index is 1.08. The van der Waals surface area contributed by atoms with Crippen LogP contribution < -0.4 is 0 Å². The topological polar surface area (TPSA) is 9.86 Å². The Morgan fingerprint density at radius 3 is 1.75 bits per heavy atom. The molecule has 0 saturated heterocycles. The van der Waals surface area contributed by atoms with Gasteiger partial charge in [0.25, 0.3) is 0 Å². The summed E-state index contributed by atoms with van der Waals surface area (Å²) < 4.78 is 7.55. The predicted octanol–water partition coefficient (Wildman–Crippen LogP) is 14.7. The number of rotatable bonds is 4. The molecule has 0 amide bonds. The molecule has 2 nitrogen and oxygen atoms in total. The number of aromatic nitrogens is 2. The highest BCUT2D eigenvalue weighted by Crippen LogP contribution is 2.43. The molecule has 0 aliphatic heterocycles. The summed E-state index contributed by atoms with van der Waals surface area (Å²) in [6.07, 6.45) is 0. The number of para-hydroxylation sites is 1. The number of fused-ring (bicyclic) bond motifs is 10. The van der Waals surface area contributed by atoms with Crippen LogP contribution in [0.2, 0.25) is 0 Å². The largest absolute Gasteiger partial charge is 0.309 e. The first-order valence-corrected chi connectivity index (χ1v) is 19.7. The summed E-state index contributed by atoms with van der Waals surface area (Å²) in [4.78, 5) is 0. The molecule has 0 bridgehead atoms. The quantitative estimate of drug-likeness (QED) is 0.172. The van der Waals surface area contributed by atoms with Crippen molar-refractivity contribution in [2.75, 3.05) is 0 Å². The number of hydrogen-bond donors (Lipinski definition) is 0. The van der Waals surface area contributed by atoms with Crippen LogP contribution in [0.4, 0.5) is 0 Å². The Morgan fingerprint density at radius 1 is 0.291 bits per heavy atom. The molecule has 12 aromatic rings. The summed E-state index contributed by atoms with van der Waals surface area (Å²) in [7, 11) is 0. The van der Waals surface area contributed by atoms with Crippen LogP contribution in [0.5, 0.6) is 0 Å². The number of nitrogens with zero attached hydrogens (tertiary/aromatic N) is 2. The molecule has 0 aliphatic carbocycles. The Morgan fingerprint density at radius 2 is 0.891 bits per heavy atom. The Bertz CT molecular complexity index is 3480. The summed E-state index contributed by atoms with van der Waals surface area (Å²) in [5.74, 6) is 0. The molecule has 256 valence electrons. The SMILES string of the molecule is c1ccc(-c2cccc(-n3c4ccccc4c4cc(-c5ccc6c(c5)c5cc7sc8ccccc8c7cc5n6-c5cccc6ccccc56)ccc43)c2)cc1. The van der Waals surface area contributed by atoms with E-state index in [9.17, 15) is 0 Å². The van der Waals surface area contributed by atoms with Gasteiger partial charge in [0, 0.05) is 52.8 Å². The molecule has 0 radical (unpaired) electrons. The standard InChI is InChI=1S/C52H32N2S/c1-2-12-33(13-3-1)35-16-10-17-38(28-35)53-47-21-8-6-19-40(47)42-29-36(24-26-48(42)53)37-25-27-49-43(30-37)44-32-52-45(41-20-7-9-23-51(41)55-52)31-50(44)54(49)46-22-11-15-34-14-4-5-18-39(34)46/h1-32H. The van der Waals surface area contributed by atoms with Crippen LogP contribution in [0.1, 0.15) is 0 Å². The zero-order valence-electron chi connectivity index (χ0n) is 29.8. The van der Waals surface area contributed by atoms with Crippen LogP contribution in [-0.4, -0.2) is 9.13 Å². The maximum absolute atomic E-state index is 2.49. The monoisotopic (exact) mass is 716 g/mol. The zero-order valence-corrected chi connectivity index (χ0v) is 30.6. The van der Waals surface area contributed by atoms with Gasteiger partial charge in [-0.25, -0.2) is 0 Å². The summed E-state index contributed by atoms with van der Waals surface area (Å²) >= 11 is 1.88. The van der Waals surface area contributed by atoms with Gasteiger partial charge < -0.3 is 9.13 Å². The van der Waals surface area contributed by atoms with E-state index in [0.29, 0.717) is 0 Å². The number of benzene rings is 9. The maximum Gasteiger partial charge on any atom is 0.0548 e. The van der Waals surface area contributed by atoms with Crippen molar-refractivity contribution in [1.82, 2.24) is 9.13 Å². The van der Waals surface area contributed by atoms with Gasteiger partial charge in [0.15, 0.2) is 0 Å². The Labute approximate surface area is 321 Å². The summed E-state index contributed by atoms with van der Waals surface area (Å²) in [5.41, 5.74) is 12.1. The average Bonchev–Trinajstić information content (AvgIpc) is 3.89. The molecule has 0 aliphatic rings. The van der Waals surface area contributed by atoms with Crippen LogP contribution >= 0.6 is 11.3 Å². The van der Waals surface area contributed by atoms with E-state index in [1.54, 1.807) is 0 Å². The van der Waals surface area contributed by atoms with Crippen molar-refractivity contribution in [3.63, 3.8) is 0 Å². The van der Waals surface area contributed by atoms with E-state index in [2.05, 4.69) is 203 Å². The van der Waals surface area contributed by atoms with E-state index < -0.39 is 0 Å². The highest BCUT2D eigenvalue weighted by Gasteiger charge is 2.19. The van der Waals surface area contributed by atoms with E-state index >= 15 is 0 Å². The van der Waals surface area contributed by atoms with Crippen molar-refractivity contribution in [3.05, 3.63) is 194 Å². The molecule has 55 heavy (non-hydrogen) atoms. The van der Waals surface area contributed by atoms with Gasteiger partial charge in [-0.3, -0.25) is 0 Å². The zero-order chi connectivity index (χ0) is 36.0. The molecule has 0 spiro atoms. The van der Waals surface area contributed by atoms with Crippen molar-refractivity contribution in [2.24, 2.45) is 0 Å². The van der Waals surface area contributed by atoms with Crippen molar-refractivity contribution in [1.29, 1.82) is 0 Å². The second-order valence-corrected chi connectivity index (χ2v) is 15.6. The second kappa shape index (κ2) is 11.8. The smallest absolute Gasteiger partial charge is 0.0548 e. The van der Waals surface area contributed by atoms with Crippen molar-refractivity contribution < 1.29 is 0 Å². The first-order chi connectivity index (χ1) is 27.3. The van der Waals surface area contributed by atoms with Crippen LogP contribution in [0, 0.1) is 0 Å². The van der Waals surface area contributed by atoms with Crippen molar-refractivity contribution in [3.8, 4) is 33.6 Å². The lowest BCUT2D eigenvalue weighted by atomic mass is 10.0. The van der Waals surface area contributed by atoms with Gasteiger partial charge >= 0.3 is 0 Å². The minimum absolute atomic E-state index is 1.16. The molecule has 12 rings (SSSR count). The average molecular weight is 717 g/mol. The van der Waals surface area contributed by atoms with Gasteiger partial charge in [0.1, 0.15) is 0 Å². The van der Waals surface area contributed by atoms with Crippen LogP contribution in [0.25, 0.3) is 108 Å². The van der Waals surface area contributed by atoms with Gasteiger partial charge in [-0.05, 0) is 94.4 Å². The molecule has 0 unspecified atom stereocenters. The molecule has 0 fully saturated rings. The summed E-state index contributed by atoms with van der Waals surface area (Å²) in [5, 5.41) is 10.2. The minimum atomic E-state index is 1.16. The van der Waals surface area contributed by atoms with Gasteiger partial charge in [0.05, 0.1) is 27.8 Å². The normalized spacial score (nSPS) is 12.0. The third kappa shape index (κ3) is 4.60. The molecule has 3 heteroatoms. The lowest BCUT2D eigenvalue weighted by Gasteiger charge is -2.12. The fourth-order valence-corrected chi connectivity index (χ4v) is 10.1. The third-order valence-electron chi connectivity index (χ3n) is 11.5. The number of thiophene rings is 1. The van der Waals surface area contributed by atoms with Crippen LogP contribution in [0.15, 0.2) is 194 Å². The fraction of sp³-hybridized carbons (Fsp3) is 0. The molecule has 0 N–H and O–H groups in total. The van der Waals surface area contributed by atoms with Gasteiger partial charge in [-0.2, -0.15) is 0 Å². The Kier molecular flexibility index (Phi) is 6.54.